The van der Waals surface area contributed by atoms with Gasteiger partial charge in [0.05, 0.1) is 6.54 Å². The third-order valence-electron chi connectivity index (χ3n) is 3.42. The van der Waals surface area contributed by atoms with Gasteiger partial charge in [0, 0.05) is 26.9 Å². The highest BCUT2D eigenvalue weighted by molar-refractivity contribution is 7.90. The van der Waals surface area contributed by atoms with Gasteiger partial charge in [0.2, 0.25) is 15.0 Å². The van der Waals surface area contributed by atoms with Gasteiger partial charge in [-0.2, -0.15) is 4.98 Å². The van der Waals surface area contributed by atoms with Crippen molar-refractivity contribution in [1.29, 1.82) is 0 Å². The van der Waals surface area contributed by atoms with Crippen LogP contribution >= 0.6 is 0 Å². The van der Waals surface area contributed by atoms with Gasteiger partial charge in [-0.15, -0.1) is 0 Å². The van der Waals surface area contributed by atoms with E-state index in [1.54, 1.807) is 6.92 Å². The largest absolute Gasteiger partial charge is 0.346 e. The molecule has 0 aromatic carbocycles. The lowest BCUT2D eigenvalue weighted by molar-refractivity contribution is -0.115. The predicted molar refractivity (Wildman–Crippen MR) is 89.8 cm³/mol. The van der Waals surface area contributed by atoms with Crippen LogP contribution in [0, 0.1) is 11.8 Å². The molecule has 2 heterocycles. The van der Waals surface area contributed by atoms with Crippen LogP contribution in [0.2, 0.25) is 0 Å². The molecule has 10 nitrogen and oxygen atoms in total. The van der Waals surface area contributed by atoms with Crippen LogP contribution in [-0.4, -0.2) is 45.8 Å². The van der Waals surface area contributed by atoms with E-state index in [1.807, 2.05) is 0 Å². The third-order valence-corrected chi connectivity index (χ3v) is 4.45. The maximum atomic E-state index is 12.3. The van der Waals surface area contributed by atoms with Gasteiger partial charge >= 0.3 is 5.69 Å². The van der Waals surface area contributed by atoms with Crippen molar-refractivity contribution in [1.82, 2.24) is 24.0 Å². The summed E-state index contributed by atoms with van der Waals surface area (Å²) >= 11 is 0. The molecule has 0 radical (unpaired) electrons. The lowest BCUT2D eigenvalue weighted by atomic mass is 10.4. The van der Waals surface area contributed by atoms with E-state index < -0.39 is 27.0 Å². The lowest BCUT2D eigenvalue weighted by Crippen LogP contribution is -2.38. The van der Waals surface area contributed by atoms with E-state index in [2.05, 4.69) is 22.1 Å². The fraction of sp³-hybridized carbons (Fsp3) is 0.429. The first-order chi connectivity index (χ1) is 11.6. The molecular formula is C14H17N5O5S. The summed E-state index contributed by atoms with van der Waals surface area (Å²) in [6.07, 6.45) is 0.954. The molecule has 1 amide bonds. The summed E-state index contributed by atoms with van der Waals surface area (Å²) in [7, 11) is -1.06. The molecule has 0 saturated carbocycles. The van der Waals surface area contributed by atoms with E-state index in [1.165, 1.54) is 14.1 Å². The number of hydrogen-bond acceptors (Lipinski definition) is 6. The zero-order valence-electron chi connectivity index (χ0n) is 14.2. The normalized spacial score (nSPS) is 11.2. The smallest absolute Gasteiger partial charge is 0.333 e. The molecule has 2 aromatic heterocycles. The van der Waals surface area contributed by atoms with Gasteiger partial charge in [0.25, 0.3) is 11.5 Å². The number of carbonyl (C=O) groups excluding carboxylic acids is 1. The average Bonchev–Trinajstić information content (AvgIpc) is 2.86. The van der Waals surface area contributed by atoms with Crippen LogP contribution in [0.3, 0.4) is 0 Å². The highest BCUT2D eigenvalue weighted by Gasteiger charge is 2.23. The second kappa shape index (κ2) is 6.56. The van der Waals surface area contributed by atoms with Gasteiger partial charge in [-0.1, -0.05) is 5.92 Å². The first-order valence-electron chi connectivity index (χ1n) is 7.22. The first kappa shape index (κ1) is 18.5. The molecule has 2 aromatic rings. The molecule has 11 heteroatoms. The Morgan fingerprint density at radius 1 is 1.24 bits per heavy atom. The van der Waals surface area contributed by atoms with E-state index in [4.69, 9.17) is 0 Å². The van der Waals surface area contributed by atoms with Crippen LogP contribution in [0.4, 0.5) is 0 Å². The quantitative estimate of drug-likeness (QED) is 0.624. The number of imidazole rings is 1. The van der Waals surface area contributed by atoms with Crippen molar-refractivity contribution in [3.63, 3.8) is 0 Å². The molecule has 0 aliphatic carbocycles. The number of amides is 1. The summed E-state index contributed by atoms with van der Waals surface area (Å²) in [6.45, 7) is 1.93. The number of aromatic nitrogens is 4. The SMILES string of the molecule is CCNC(=O)C#CCn1c(=O)n(C)c(=O)c2c1nc(S(C)(=O)=O)n2C. The molecule has 134 valence electrons. The third kappa shape index (κ3) is 3.34. The first-order valence-corrected chi connectivity index (χ1v) is 9.11. The molecule has 0 atom stereocenters. The Morgan fingerprint density at radius 2 is 1.88 bits per heavy atom. The molecule has 0 fully saturated rings. The fourth-order valence-electron chi connectivity index (χ4n) is 2.29. The van der Waals surface area contributed by atoms with Crippen LogP contribution in [-0.2, 0) is 35.3 Å². The molecule has 0 saturated heterocycles. The standard InChI is InChI=1S/C14H17N5O5S/c1-5-15-9(20)7-6-8-19-11-10(12(21)18(3)14(19)22)17(2)13(16-11)25(4,23)24/h5,8H2,1-4H3,(H,15,20). The minimum atomic E-state index is -3.71. The Labute approximate surface area is 143 Å². The summed E-state index contributed by atoms with van der Waals surface area (Å²) in [4.78, 5) is 40.0. The highest BCUT2D eigenvalue weighted by atomic mass is 32.2. The van der Waals surface area contributed by atoms with Crippen molar-refractivity contribution >= 4 is 26.9 Å². The Balaban J connectivity index is 2.74. The number of carbonyl (C=O) groups is 1. The lowest BCUT2D eigenvalue weighted by Gasteiger charge is -2.05. The van der Waals surface area contributed by atoms with Crippen molar-refractivity contribution in [2.75, 3.05) is 12.8 Å². The summed E-state index contributed by atoms with van der Waals surface area (Å²) in [5.74, 6) is 4.32. The highest BCUT2D eigenvalue weighted by Crippen LogP contribution is 2.13. The fourth-order valence-corrected chi connectivity index (χ4v) is 3.13. The molecule has 0 unspecified atom stereocenters. The average molecular weight is 367 g/mol. The Hall–Kier alpha value is -2.87. The second-order valence-electron chi connectivity index (χ2n) is 5.29. The van der Waals surface area contributed by atoms with Gasteiger partial charge in [0.1, 0.15) is 0 Å². The number of sulfone groups is 1. The molecule has 0 aliphatic rings. The van der Waals surface area contributed by atoms with Gasteiger partial charge in [-0.05, 0) is 12.8 Å². The molecule has 0 bridgehead atoms. The van der Waals surface area contributed by atoms with Gasteiger partial charge in [-0.25, -0.2) is 13.2 Å². The number of nitrogens with zero attached hydrogens (tertiary/aromatic N) is 4. The Morgan fingerprint density at radius 3 is 2.44 bits per heavy atom. The van der Waals surface area contributed by atoms with Crippen LogP contribution in [0.15, 0.2) is 14.7 Å². The van der Waals surface area contributed by atoms with Crippen LogP contribution < -0.4 is 16.6 Å². The zero-order valence-corrected chi connectivity index (χ0v) is 15.0. The zero-order chi connectivity index (χ0) is 18.9. The second-order valence-corrected chi connectivity index (χ2v) is 7.20. The number of aryl methyl sites for hydroxylation is 1. The van der Waals surface area contributed by atoms with Gasteiger partial charge in [-0.3, -0.25) is 18.7 Å². The summed E-state index contributed by atoms with van der Waals surface area (Å²) in [5.41, 5.74) is -1.51. The van der Waals surface area contributed by atoms with Crippen LogP contribution in [0.25, 0.3) is 11.2 Å². The maximum absolute atomic E-state index is 12.3. The molecule has 25 heavy (non-hydrogen) atoms. The maximum Gasteiger partial charge on any atom is 0.333 e. The van der Waals surface area contributed by atoms with E-state index in [0.717, 1.165) is 20.0 Å². The van der Waals surface area contributed by atoms with Gasteiger partial charge in [0.15, 0.2) is 11.2 Å². The number of hydrogen-bond donors (Lipinski definition) is 1. The van der Waals surface area contributed by atoms with E-state index in [9.17, 15) is 22.8 Å². The minimum absolute atomic E-state index is 0.0395. The molecule has 0 spiro atoms. The van der Waals surface area contributed by atoms with Crippen molar-refractivity contribution < 1.29 is 13.2 Å². The summed E-state index contributed by atoms with van der Waals surface area (Å²) in [6, 6.07) is 0. The number of nitrogens with one attached hydrogen (secondary N) is 1. The van der Waals surface area contributed by atoms with Crippen LogP contribution in [0.1, 0.15) is 6.92 Å². The molecular weight excluding hydrogens is 350 g/mol. The Kier molecular flexibility index (Phi) is 4.85. The molecule has 2 rings (SSSR count). The van der Waals surface area contributed by atoms with Crippen molar-refractivity contribution in [3.05, 3.63) is 20.8 Å². The number of fused-ring (bicyclic) bond motifs is 1. The Bertz CT molecular complexity index is 1140. The van der Waals surface area contributed by atoms with Gasteiger partial charge < -0.3 is 9.88 Å². The van der Waals surface area contributed by atoms with E-state index in [0.29, 0.717) is 6.54 Å². The summed E-state index contributed by atoms with van der Waals surface area (Å²) in [5, 5.41) is 2.15. The topological polar surface area (TPSA) is 125 Å². The predicted octanol–water partition coefficient (Wildman–Crippen LogP) is -2.02. The van der Waals surface area contributed by atoms with E-state index in [-0.39, 0.29) is 22.9 Å². The van der Waals surface area contributed by atoms with Crippen molar-refractivity contribution in [2.45, 2.75) is 18.6 Å². The van der Waals surface area contributed by atoms with Crippen molar-refractivity contribution in [3.8, 4) is 11.8 Å². The molecule has 1 N–H and O–H groups in total. The summed E-state index contributed by atoms with van der Waals surface area (Å²) < 4.78 is 26.7. The number of rotatable bonds is 3. The minimum Gasteiger partial charge on any atom is -0.346 e. The van der Waals surface area contributed by atoms with Crippen LogP contribution in [0.5, 0.6) is 0 Å². The van der Waals surface area contributed by atoms with E-state index >= 15 is 0 Å². The van der Waals surface area contributed by atoms with Crippen molar-refractivity contribution in [2.24, 2.45) is 14.1 Å². The monoisotopic (exact) mass is 367 g/mol. The molecule has 0 aliphatic heterocycles.